The highest BCUT2D eigenvalue weighted by molar-refractivity contribution is 7.11. The first-order valence-corrected chi connectivity index (χ1v) is 8.78. The summed E-state index contributed by atoms with van der Waals surface area (Å²) in [5.41, 5.74) is 1.33. The summed E-state index contributed by atoms with van der Waals surface area (Å²) >= 11 is 1.97. The summed E-state index contributed by atoms with van der Waals surface area (Å²) in [5.74, 6) is 0.751. The lowest BCUT2D eigenvalue weighted by atomic mass is 9.90. The van der Waals surface area contributed by atoms with Crippen molar-refractivity contribution in [2.24, 2.45) is 0 Å². The molecule has 0 aromatic carbocycles. The first kappa shape index (κ1) is 15.0. The van der Waals surface area contributed by atoms with E-state index in [2.05, 4.69) is 26.1 Å². The molecule has 3 heteroatoms. The molecule has 0 amide bonds. The average molecular weight is 280 g/mol. The van der Waals surface area contributed by atoms with Crippen molar-refractivity contribution in [3.05, 3.63) is 15.6 Å². The lowest BCUT2D eigenvalue weighted by Gasteiger charge is -2.18. The molecule has 1 aromatic rings. The molecule has 1 atom stereocenters. The van der Waals surface area contributed by atoms with E-state index in [4.69, 9.17) is 4.98 Å². The molecule has 1 heterocycles. The van der Waals surface area contributed by atoms with Crippen molar-refractivity contribution in [1.82, 2.24) is 10.3 Å². The molecule has 0 radical (unpaired) electrons. The fourth-order valence-corrected chi connectivity index (χ4v) is 4.03. The Morgan fingerprint density at radius 1 is 1.26 bits per heavy atom. The Bertz CT molecular complexity index is 380. The van der Waals surface area contributed by atoms with Crippen molar-refractivity contribution < 1.29 is 0 Å². The summed E-state index contributed by atoms with van der Waals surface area (Å²) in [7, 11) is 0. The van der Waals surface area contributed by atoms with E-state index in [1.54, 1.807) is 0 Å². The lowest BCUT2D eigenvalue weighted by Crippen LogP contribution is -2.24. The summed E-state index contributed by atoms with van der Waals surface area (Å²) < 4.78 is 0. The number of hydrogen-bond donors (Lipinski definition) is 1. The van der Waals surface area contributed by atoms with Gasteiger partial charge >= 0.3 is 0 Å². The Balaban J connectivity index is 2.03. The van der Waals surface area contributed by atoms with Crippen molar-refractivity contribution in [3.8, 4) is 0 Å². The van der Waals surface area contributed by atoms with Crippen molar-refractivity contribution >= 4 is 11.3 Å². The SMILES string of the molecule is CCc1nc(C2CCCCC2)sc1CNC(C)CC. The van der Waals surface area contributed by atoms with Crippen LogP contribution in [0.15, 0.2) is 0 Å². The smallest absolute Gasteiger partial charge is 0.0962 e. The third-order valence-electron chi connectivity index (χ3n) is 4.31. The molecular formula is C16H28N2S. The van der Waals surface area contributed by atoms with Crippen LogP contribution in [0.25, 0.3) is 0 Å². The maximum atomic E-state index is 4.93. The molecule has 1 unspecified atom stereocenters. The number of nitrogens with one attached hydrogen (secondary N) is 1. The van der Waals surface area contributed by atoms with E-state index >= 15 is 0 Å². The number of nitrogens with zero attached hydrogens (tertiary/aromatic N) is 1. The van der Waals surface area contributed by atoms with Gasteiger partial charge in [0.1, 0.15) is 0 Å². The van der Waals surface area contributed by atoms with E-state index < -0.39 is 0 Å². The van der Waals surface area contributed by atoms with Crippen LogP contribution in [0.2, 0.25) is 0 Å². The van der Waals surface area contributed by atoms with E-state index in [1.165, 1.54) is 54.1 Å². The standard InChI is InChI=1S/C16H28N2S/c1-4-12(3)17-11-15-14(5-2)18-16(19-15)13-9-7-6-8-10-13/h12-13,17H,4-11H2,1-3H3. The van der Waals surface area contributed by atoms with E-state index in [1.807, 2.05) is 11.3 Å². The van der Waals surface area contributed by atoms with Gasteiger partial charge in [-0.2, -0.15) is 0 Å². The van der Waals surface area contributed by atoms with E-state index in [0.717, 1.165) is 18.9 Å². The third kappa shape index (κ3) is 4.03. The van der Waals surface area contributed by atoms with E-state index in [-0.39, 0.29) is 0 Å². The highest BCUT2D eigenvalue weighted by Crippen LogP contribution is 2.36. The molecule has 0 saturated heterocycles. The van der Waals surface area contributed by atoms with Crippen molar-refractivity contribution in [2.45, 2.75) is 84.2 Å². The Kier molecular flexibility index (Phi) is 5.83. The molecular weight excluding hydrogens is 252 g/mol. The van der Waals surface area contributed by atoms with Gasteiger partial charge in [-0.3, -0.25) is 0 Å². The maximum absolute atomic E-state index is 4.93. The summed E-state index contributed by atoms with van der Waals surface area (Å²) in [6, 6.07) is 0.602. The lowest BCUT2D eigenvalue weighted by molar-refractivity contribution is 0.442. The first-order valence-electron chi connectivity index (χ1n) is 7.96. The minimum absolute atomic E-state index is 0.602. The van der Waals surface area contributed by atoms with Gasteiger partial charge in [-0.1, -0.05) is 33.1 Å². The predicted octanol–water partition coefficient (Wildman–Crippen LogP) is 4.64. The number of thiazole rings is 1. The highest BCUT2D eigenvalue weighted by atomic mass is 32.1. The van der Waals surface area contributed by atoms with Crippen LogP contribution < -0.4 is 5.32 Å². The van der Waals surface area contributed by atoms with Gasteiger partial charge < -0.3 is 5.32 Å². The van der Waals surface area contributed by atoms with Crippen LogP contribution >= 0.6 is 11.3 Å². The zero-order chi connectivity index (χ0) is 13.7. The van der Waals surface area contributed by atoms with Crippen molar-refractivity contribution in [3.63, 3.8) is 0 Å². The van der Waals surface area contributed by atoms with Crippen molar-refractivity contribution in [1.29, 1.82) is 0 Å². The third-order valence-corrected chi connectivity index (χ3v) is 5.57. The summed E-state index contributed by atoms with van der Waals surface area (Å²) in [4.78, 5) is 6.41. The van der Waals surface area contributed by atoms with Crippen LogP contribution in [0.1, 0.15) is 80.8 Å². The maximum Gasteiger partial charge on any atom is 0.0962 e. The molecule has 1 aromatic heterocycles. The number of hydrogen-bond acceptors (Lipinski definition) is 3. The molecule has 108 valence electrons. The number of aromatic nitrogens is 1. The minimum atomic E-state index is 0.602. The van der Waals surface area contributed by atoms with Crippen molar-refractivity contribution in [2.75, 3.05) is 0 Å². The molecule has 1 aliphatic carbocycles. The van der Waals surface area contributed by atoms with Crippen LogP contribution in [0.5, 0.6) is 0 Å². The second kappa shape index (κ2) is 7.39. The Morgan fingerprint density at radius 3 is 2.63 bits per heavy atom. The monoisotopic (exact) mass is 280 g/mol. The van der Waals surface area contributed by atoms with Crippen LogP contribution in [0.3, 0.4) is 0 Å². The zero-order valence-corrected chi connectivity index (χ0v) is 13.5. The number of rotatable bonds is 6. The normalized spacial score (nSPS) is 18.7. The fourth-order valence-electron chi connectivity index (χ4n) is 2.75. The molecule has 1 saturated carbocycles. The van der Waals surface area contributed by atoms with Gasteiger partial charge in [0.25, 0.3) is 0 Å². The number of aryl methyl sites for hydroxylation is 1. The minimum Gasteiger partial charge on any atom is -0.309 e. The topological polar surface area (TPSA) is 24.9 Å². The van der Waals surface area contributed by atoms with Crippen LogP contribution in [-0.4, -0.2) is 11.0 Å². The molecule has 19 heavy (non-hydrogen) atoms. The molecule has 2 rings (SSSR count). The highest BCUT2D eigenvalue weighted by Gasteiger charge is 2.20. The van der Waals surface area contributed by atoms with E-state index in [9.17, 15) is 0 Å². The van der Waals surface area contributed by atoms with Gasteiger partial charge in [-0.25, -0.2) is 4.98 Å². The molecule has 0 aliphatic heterocycles. The largest absolute Gasteiger partial charge is 0.309 e. The van der Waals surface area contributed by atoms with Crippen LogP contribution in [0.4, 0.5) is 0 Å². The van der Waals surface area contributed by atoms with Gasteiger partial charge in [0, 0.05) is 23.4 Å². The molecule has 0 bridgehead atoms. The Labute approximate surface area is 122 Å². The van der Waals surface area contributed by atoms with E-state index in [0.29, 0.717) is 6.04 Å². The van der Waals surface area contributed by atoms with Gasteiger partial charge in [0.05, 0.1) is 10.7 Å². The Hall–Kier alpha value is -0.410. The molecule has 1 N–H and O–H groups in total. The molecule has 1 aliphatic rings. The molecule has 0 spiro atoms. The average Bonchev–Trinajstić information content (AvgIpc) is 2.89. The second-order valence-corrected chi connectivity index (χ2v) is 6.92. The fraction of sp³-hybridized carbons (Fsp3) is 0.812. The van der Waals surface area contributed by atoms with Gasteiger partial charge in [-0.05, 0) is 32.6 Å². The van der Waals surface area contributed by atoms with Gasteiger partial charge in [-0.15, -0.1) is 11.3 Å². The summed E-state index contributed by atoms with van der Waals surface area (Å²) in [5, 5.41) is 5.02. The molecule has 1 fully saturated rings. The van der Waals surface area contributed by atoms with Crippen LogP contribution in [0, 0.1) is 0 Å². The summed E-state index contributed by atoms with van der Waals surface area (Å²) in [6.07, 6.45) is 9.18. The van der Waals surface area contributed by atoms with Gasteiger partial charge in [0.15, 0.2) is 0 Å². The first-order chi connectivity index (χ1) is 9.24. The zero-order valence-electron chi connectivity index (χ0n) is 12.7. The Morgan fingerprint density at radius 2 is 2.00 bits per heavy atom. The molecule has 2 nitrogen and oxygen atoms in total. The van der Waals surface area contributed by atoms with Crippen LogP contribution in [-0.2, 0) is 13.0 Å². The summed E-state index contributed by atoms with van der Waals surface area (Å²) in [6.45, 7) is 7.72. The second-order valence-electron chi connectivity index (χ2n) is 5.80. The quantitative estimate of drug-likeness (QED) is 0.821. The van der Waals surface area contributed by atoms with Gasteiger partial charge in [0.2, 0.25) is 0 Å². The predicted molar refractivity (Wildman–Crippen MR) is 83.9 cm³/mol.